The van der Waals surface area contributed by atoms with Crippen molar-refractivity contribution in [2.75, 3.05) is 38.1 Å². The van der Waals surface area contributed by atoms with Gasteiger partial charge in [0, 0.05) is 31.9 Å². The number of likely N-dealkylation sites (N-methyl/N-ethyl adjacent to an activating group) is 1. The monoisotopic (exact) mass is 358 g/mol. The summed E-state index contributed by atoms with van der Waals surface area (Å²) in [6, 6.07) is 8.78. The summed E-state index contributed by atoms with van der Waals surface area (Å²) in [6.45, 7) is 13.3. The van der Waals surface area contributed by atoms with Crippen molar-refractivity contribution in [2.24, 2.45) is 0 Å². The summed E-state index contributed by atoms with van der Waals surface area (Å²) < 4.78 is 13.3. The van der Waals surface area contributed by atoms with Crippen LogP contribution in [0.4, 0.5) is 5.69 Å². The lowest BCUT2D eigenvalue weighted by atomic mass is 9.75. The van der Waals surface area contributed by atoms with Crippen molar-refractivity contribution in [3.63, 3.8) is 0 Å². The molecule has 0 aliphatic carbocycles. The first kappa shape index (κ1) is 19.7. The third kappa shape index (κ3) is 3.30. The Morgan fingerprint density at radius 3 is 1.92 bits per heavy atom. The molecular formula is C21H35BN2O2. The number of anilines is 1. The van der Waals surface area contributed by atoms with Gasteiger partial charge in [-0.1, -0.05) is 39.8 Å². The van der Waals surface area contributed by atoms with Gasteiger partial charge in [0.05, 0.1) is 11.2 Å². The molecule has 2 saturated heterocycles. The first-order valence-electron chi connectivity index (χ1n) is 10.4. The summed E-state index contributed by atoms with van der Waals surface area (Å²) in [6.07, 6.45) is 3.94. The third-order valence-corrected chi connectivity index (χ3v) is 6.79. The Bertz CT molecular complexity index is 573. The zero-order valence-corrected chi connectivity index (χ0v) is 17.3. The summed E-state index contributed by atoms with van der Waals surface area (Å²) in [4.78, 5) is 4.86. The topological polar surface area (TPSA) is 24.9 Å². The molecule has 0 bridgehead atoms. The van der Waals surface area contributed by atoms with Gasteiger partial charge >= 0.3 is 7.12 Å². The van der Waals surface area contributed by atoms with Crippen LogP contribution < -0.4 is 10.4 Å². The molecule has 0 radical (unpaired) electrons. The van der Waals surface area contributed by atoms with Gasteiger partial charge in [0.25, 0.3) is 0 Å². The average Bonchev–Trinajstić information content (AvgIpc) is 3.04. The highest BCUT2D eigenvalue weighted by atomic mass is 16.7. The Morgan fingerprint density at radius 1 is 0.885 bits per heavy atom. The highest BCUT2D eigenvalue weighted by Gasteiger charge is 2.58. The van der Waals surface area contributed by atoms with Crippen LogP contribution in [-0.4, -0.2) is 56.4 Å². The van der Waals surface area contributed by atoms with Crippen LogP contribution in [0.2, 0.25) is 0 Å². The number of nitrogens with zero attached hydrogens (tertiary/aromatic N) is 2. The number of rotatable bonds is 6. The first-order valence-corrected chi connectivity index (χ1v) is 10.4. The van der Waals surface area contributed by atoms with Gasteiger partial charge in [-0.15, -0.1) is 0 Å². The van der Waals surface area contributed by atoms with E-state index in [0.717, 1.165) is 57.3 Å². The summed E-state index contributed by atoms with van der Waals surface area (Å²) >= 11 is 0. The highest BCUT2D eigenvalue weighted by Crippen LogP contribution is 2.46. The summed E-state index contributed by atoms with van der Waals surface area (Å²) in [5.74, 6) is 0. The maximum absolute atomic E-state index is 6.64. The van der Waals surface area contributed by atoms with Crippen LogP contribution in [0.25, 0.3) is 0 Å². The van der Waals surface area contributed by atoms with Crippen molar-refractivity contribution >= 4 is 18.3 Å². The van der Waals surface area contributed by atoms with Crippen LogP contribution in [0, 0.1) is 0 Å². The van der Waals surface area contributed by atoms with Crippen LogP contribution in [0.1, 0.15) is 53.4 Å². The largest absolute Gasteiger partial charge is 0.494 e. The zero-order chi connectivity index (χ0) is 18.8. The van der Waals surface area contributed by atoms with E-state index < -0.39 is 0 Å². The molecule has 144 valence electrons. The molecule has 2 heterocycles. The average molecular weight is 358 g/mol. The first-order chi connectivity index (χ1) is 12.5. The summed E-state index contributed by atoms with van der Waals surface area (Å²) in [5, 5.41) is 0. The van der Waals surface area contributed by atoms with E-state index in [1.165, 1.54) is 5.69 Å². The molecule has 1 aromatic rings. The highest BCUT2D eigenvalue weighted by molar-refractivity contribution is 6.62. The normalized spacial score (nSPS) is 22.8. The number of hydrogen-bond donors (Lipinski definition) is 0. The van der Waals surface area contributed by atoms with Crippen LogP contribution in [0.3, 0.4) is 0 Å². The van der Waals surface area contributed by atoms with E-state index in [-0.39, 0.29) is 18.3 Å². The van der Waals surface area contributed by atoms with Gasteiger partial charge in [-0.3, -0.25) is 0 Å². The molecule has 2 aliphatic heterocycles. The minimum Gasteiger partial charge on any atom is -0.399 e. The minimum absolute atomic E-state index is 0.189. The number of benzene rings is 1. The lowest BCUT2D eigenvalue weighted by Gasteiger charge is -2.42. The van der Waals surface area contributed by atoms with Crippen LogP contribution in [0.5, 0.6) is 0 Å². The van der Waals surface area contributed by atoms with E-state index in [0.29, 0.717) is 0 Å². The van der Waals surface area contributed by atoms with Crippen molar-refractivity contribution in [1.29, 1.82) is 0 Å². The Labute approximate surface area is 160 Å². The molecule has 1 aromatic carbocycles. The van der Waals surface area contributed by atoms with Gasteiger partial charge < -0.3 is 19.1 Å². The molecule has 4 nitrogen and oxygen atoms in total. The molecule has 3 rings (SSSR count). The molecule has 2 aliphatic rings. The van der Waals surface area contributed by atoms with Crippen molar-refractivity contribution in [1.82, 2.24) is 4.90 Å². The van der Waals surface area contributed by atoms with E-state index in [9.17, 15) is 0 Å². The van der Waals surface area contributed by atoms with Gasteiger partial charge in [0.15, 0.2) is 0 Å². The predicted octanol–water partition coefficient (Wildman–Crippen LogP) is 3.30. The lowest BCUT2D eigenvalue weighted by Crippen LogP contribution is -2.50. The van der Waals surface area contributed by atoms with E-state index in [1.807, 2.05) is 0 Å². The SMILES string of the molecule is CCC1(CC)OB(c2cccc(N3CCN(C)CC3)c2)OC1(CC)CC. The van der Waals surface area contributed by atoms with Crippen molar-refractivity contribution in [3.05, 3.63) is 24.3 Å². The molecule has 2 fully saturated rings. The fraction of sp³-hybridized carbons (Fsp3) is 0.714. The number of hydrogen-bond acceptors (Lipinski definition) is 4. The second kappa shape index (κ2) is 7.91. The molecule has 0 amide bonds. The number of piperazine rings is 1. The van der Waals surface area contributed by atoms with Gasteiger partial charge in [0.1, 0.15) is 0 Å². The maximum atomic E-state index is 6.64. The Morgan fingerprint density at radius 2 is 1.42 bits per heavy atom. The summed E-state index contributed by atoms with van der Waals surface area (Å²) in [5.41, 5.74) is 2.05. The fourth-order valence-corrected chi connectivity index (χ4v) is 4.84. The molecule has 26 heavy (non-hydrogen) atoms. The summed E-state index contributed by atoms with van der Waals surface area (Å²) in [7, 11) is 1.93. The Kier molecular flexibility index (Phi) is 6.00. The van der Waals surface area contributed by atoms with Crippen LogP contribution in [-0.2, 0) is 9.31 Å². The van der Waals surface area contributed by atoms with Crippen LogP contribution >= 0.6 is 0 Å². The molecule has 0 unspecified atom stereocenters. The van der Waals surface area contributed by atoms with E-state index in [4.69, 9.17) is 9.31 Å². The molecule has 0 spiro atoms. The fourth-order valence-electron chi connectivity index (χ4n) is 4.84. The molecule has 5 heteroatoms. The maximum Gasteiger partial charge on any atom is 0.494 e. The van der Waals surface area contributed by atoms with Crippen molar-refractivity contribution < 1.29 is 9.31 Å². The van der Waals surface area contributed by atoms with Crippen molar-refractivity contribution in [3.8, 4) is 0 Å². The van der Waals surface area contributed by atoms with Gasteiger partial charge in [-0.05, 0) is 50.3 Å². The quantitative estimate of drug-likeness (QED) is 0.729. The molecule has 0 atom stereocenters. The Hall–Kier alpha value is -1.04. The van der Waals surface area contributed by atoms with Crippen molar-refractivity contribution in [2.45, 2.75) is 64.6 Å². The second-order valence-corrected chi connectivity index (χ2v) is 7.86. The van der Waals surface area contributed by atoms with E-state index >= 15 is 0 Å². The Balaban J connectivity index is 1.84. The lowest BCUT2D eigenvalue weighted by molar-refractivity contribution is -0.0601. The standard InChI is InChI=1S/C21H35BN2O2/c1-6-20(7-2)21(8-3,9-4)26-22(25-20)18-11-10-12-19(17-18)24-15-13-23(5)14-16-24/h10-12,17H,6-9,13-16H2,1-5H3. The van der Waals surface area contributed by atoms with Gasteiger partial charge in [0.2, 0.25) is 0 Å². The zero-order valence-electron chi connectivity index (χ0n) is 17.3. The third-order valence-electron chi connectivity index (χ3n) is 6.79. The van der Waals surface area contributed by atoms with E-state index in [1.54, 1.807) is 0 Å². The van der Waals surface area contributed by atoms with Crippen LogP contribution in [0.15, 0.2) is 24.3 Å². The molecule has 0 N–H and O–H groups in total. The molecular weight excluding hydrogens is 323 g/mol. The smallest absolute Gasteiger partial charge is 0.399 e. The van der Waals surface area contributed by atoms with Gasteiger partial charge in [-0.2, -0.15) is 0 Å². The molecule has 0 saturated carbocycles. The second-order valence-electron chi connectivity index (χ2n) is 7.86. The van der Waals surface area contributed by atoms with E-state index in [2.05, 4.69) is 68.8 Å². The molecule has 0 aromatic heterocycles. The predicted molar refractivity (Wildman–Crippen MR) is 110 cm³/mol. The van der Waals surface area contributed by atoms with Gasteiger partial charge in [-0.25, -0.2) is 0 Å². The minimum atomic E-state index is -0.262.